The molecule has 0 radical (unpaired) electrons. The quantitative estimate of drug-likeness (QED) is 0.0388. The third-order valence-corrected chi connectivity index (χ3v) is 7.10. The zero-order valence-corrected chi connectivity index (χ0v) is 25.9. The Balaban J connectivity index is 3.68. The van der Waals surface area contributed by atoms with E-state index >= 15 is 0 Å². The average Bonchev–Trinajstić information content (AvgIpc) is 2.93. The molecule has 0 aromatic rings. The fraction of sp³-hybridized carbons (Fsp3) is 0.800. The number of hydrogen-bond donors (Lipinski definition) is 3. The van der Waals surface area contributed by atoms with Crippen molar-refractivity contribution >= 4 is 19.7 Å². The van der Waals surface area contributed by atoms with Crippen LogP contribution in [0, 0.1) is 0 Å². The van der Waals surface area contributed by atoms with Gasteiger partial charge in [-0.2, -0.15) is 0 Å². The van der Waals surface area contributed by atoms with E-state index in [-0.39, 0.29) is 32.1 Å². The van der Waals surface area contributed by atoms with Crippen LogP contribution in [0.3, 0.4) is 0 Å². The van der Waals surface area contributed by atoms with Crippen LogP contribution in [-0.4, -0.2) is 54.3 Å². The van der Waals surface area contributed by atoms with Gasteiger partial charge in [0, 0.05) is 19.4 Å². The molecule has 0 bridgehead atoms. The van der Waals surface area contributed by atoms with Crippen LogP contribution < -0.4 is 5.32 Å². The van der Waals surface area contributed by atoms with E-state index < -0.39 is 26.5 Å². The second-order valence-electron chi connectivity index (χ2n) is 10.1. The van der Waals surface area contributed by atoms with Crippen LogP contribution in [-0.2, 0) is 27.9 Å². The van der Waals surface area contributed by atoms with Gasteiger partial charge in [0.1, 0.15) is 12.7 Å². The van der Waals surface area contributed by atoms with E-state index in [1.54, 1.807) is 0 Å². The smallest absolute Gasteiger partial charge is 0.463 e. The van der Waals surface area contributed by atoms with Gasteiger partial charge in [-0.15, -0.1) is 0 Å². The maximum atomic E-state index is 11.9. The molecule has 2 atom stereocenters. The second kappa shape index (κ2) is 27.6. The number of amides is 1. The van der Waals surface area contributed by atoms with Gasteiger partial charge in [0.25, 0.3) is 0 Å². The summed E-state index contributed by atoms with van der Waals surface area (Å²) in [5, 5.41) is 12.5. The van der Waals surface area contributed by atoms with Crippen molar-refractivity contribution in [3.63, 3.8) is 0 Å². The van der Waals surface area contributed by atoms with Crippen molar-refractivity contribution < 1.29 is 37.9 Å². The zero-order valence-electron chi connectivity index (χ0n) is 25.0. The molecule has 40 heavy (non-hydrogen) atoms. The first-order valence-electron chi connectivity index (χ1n) is 15.3. The topological polar surface area (TPSA) is 131 Å². The highest BCUT2D eigenvalue weighted by molar-refractivity contribution is 7.47. The minimum absolute atomic E-state index is 0.0747. The van der Waals surface area contributed by atoms with E-state index in [4.69, 9.17) is 13.8 Å². The molecule has 3 N–H and O–H groups in total. The number of ether oxygens (including phenoxy) is 1. The van der Waals surface area contributed by atoms with E-state index in [1.165, 1.54) is 19.3 Å². The van der Waals surface area contributed by atoms with Crippen molar-refractivity contribution in [3.05, 3.63) is 24.3 Å². The molecular formula is C30H56NO8P. The standard InChI is InChI=1S/C30H56NO8P/c1-3-5-7-9-11-12-13-14-15-16-17-18-20-22-29(33)31-24-25-38-40(35,36)39-27-28(32)26-37-30(34)23-21-19-10-8-6-4-2/h7,9,12-13,28,32H,3-6,8,10-11,14-27H2,1-2H3,(H,31,33)(H,35,36)/b9-7-,13-12-. The molecule has 0 saturated heterocycles. The van der Waals surface area contributed by atoms with Gasteiger partial charge < -0.3 is 20.1 Å². The van der Waals surface area contributed by atoms with E-state index in [2.05, 4.69) is 43.5 Å². The first kappa shape index (κ1) is 38.5. The first-order valence-corrected chi connectivity index (χ1v) is 16.8. The Morgan fingerprint density at radius 2 is 1.40 bits per heavy atom. The highest BCUT2D eigenvalue weighted by atomic mass is 31.2. The van der Waals surface area contributed by atoms with Gasteiger partial charge in [0.15, 0.2) is 0 Å². The molecule has 0 fully saturated rings. The van der Waals surface area contributed by atoms with Crippen LogP contribution in [0.4, 0.5) is 0 Å². The molecule has 0 aromatic heterocycles. The number of aliphatic hydroxyl groups is 1. The lowest BCUT2D eigenvalue weighted by molar-refractivity contribution is -0.147. The van der Waals surface area contributed by atoms with Crippen LogP contribution in [0.15, 0.2) is 24.3 Å². The van der Waals surface area contributed by atoms with Gasteiger partial charge in [-0.25, -0.2) is 4.57 Å². The largest absolute Gasteiger partial charge is 0.472 e. The van der Waals surface area contributed by atoms with Crippen molar-refractivity contribution in [1.29, 1.82) is 0 Å². The number of phosphoric acid groups is 1. The van der Waals surface area contributed by atoms with Crippen molar-refractivity contribution in [1.82, 2.24) is 5.32 Å². The average molecular weight is 590 g/mol. The number of carbonyl (C=O) groups excluding carboxylic acids is 2. The Bertz CT molecular complexity index is 728. The summed E-state index contributed by atoms with van der Waals surface area (Å²) >= 11 is 0. The molecule has 0 aliphatic rings. The van der Waals surface area contributed by atoms with Crippen molar-refractivity contribution in [2.75, 3.05) is 26.4 Å². The molecule has 0 spiro atoms. The molecular weight excluding hydrogens is 533 g/mol. The first-order chi connectivity index (χ1) is 19.3. The lowest BCUT2D eigenvalue weighted by Gasteiger charge is -2.15. The minimum atomic E-state index is -4.40. The maximum Gasteiger partial charge on any atom is 0.472 e. The molecule has 1 amide bonds. The molecule has 0 aliphatic carbocycles. The fourth-order valence-corrected chi connectivity index (χ4v) is 4.52. The van der Waals surface area contributed by atoms with Crippen molar-refractivity contribution in [2.24, 2.45) is 0 Å². The van der Waals surface area contributed by atoms with Gasteiger partial charge in [-0.3, -0.25) is 18.6 Å². The van der Waals surface area contributed by atoms with Crippen LogP contribution in [0.25, 0.3) is 0 Å². The number of aliphatic hydroxyl groups excluding tert-OH is 1. The van der Waals surface area contributed by atoms with E-state index in [9.17, 15) is 24.2 Å². The number of rotatable bonds is 28. The summed E-state index contributed by atoms with van der Waals surface area (Å²) in [6.45, 7) is 3.36. The molecule has 0 aromatic carbocycles. The van der Waals surface area contributed by atoms with Crippen LogP contribution in [0.5, 0.6) is 0 Å². The van der Waals surface area contributed by atoms with E-state index in [0.717, 1.165) is 77.0 Å². The molecule has 0 saturated carbocycles. The summed E-state index contributed by atoms with van der Waals surface area (Å²) < 4.78 is 26.5. The van der Waals surface area contributed by atoms with Crippen molar-refractivity contribution in [2.45, 2.75) is 129 Å². The normalized spacial score (nSPS) is 14.0. The Morgan fingerprint density at radius 1 is 0.775 bits per heavy atom. The summed E-state index contributed by atoms with van der Waals surface area (Å²) in [6, 6.07) is 0. The maximum absolute atomic E-state index is 11.9. The Morgan fingerprint density at radius 3 is 2.10 bits per heavy atom. The van der Waals surface area contributed by atoms with Crippen LogP contribution in [0.1, 0.15) is 123 Å². The lowest BCUT2D eigenvalue weighted by atomic mass is 10.1. The monoisotopic (exact) mass is 589 g/mol. The van der Waals surface area contributed by atoms with E-state index in [1.807, 2.05) is 0 Å². The minimum Gasteiger partial charge on any atom is -0.463 e. The third kappa shape index (κ3) is 28.0. The van der Waals surface area contributed by atoms with Gasteiger partial charge in [-0.1, -0.05) is 95.9 Å². The molecule has 0 rings (SSSR count). The van der Waals surface area contributed by atoms with Gasteiger partial charge in [0.2, 0.25) is 5.91 Å². The third-order valence-electron chi connectivity index (χ3n) is 6.12. The van der Waals surface area contributed by atoms with Crippen LogP contribution in [0.2, 0.25) is 0 Å². The molecule has 0 heterocycles. The highest BCUT2D eigenvalue weighted by Gasteiger charge is 2.23. The number of carbonyl (C=O) groups is 2. The molecule has 10 heteroatoms. The Hall–Kier alpha value is -1.51. The van der Waals surface area contributed by atoms with Crippen LogP contribution >= 0.6 is 7.82 Å². The predicted octanol–water partition coefficient (Wildman–Crippen LogP) is 6.92. The Labute approximate surface area is 242 Å². The zero-order chi connectivity index (χ0) is 29.7. The summed E-state index contributed by atoms with van der Waals surface area (Å²) in [7, 11) is -4.40. The lowest BCUT2D eigenvalue weighted by Crippen LogP contribution is -2.27. The summed E-state index contributed by atoms with van der Waals surface area (Å²) in [4.78, 5) is 33.3. The summed E-state index contributed by atoms with van der Waals surface area (Å²) in [6.07, 6.45) is 24.2. The Kier molecular flexibility index (Phi) is 26.6. The SMILES string of the molecule is CCC/C=C\C/C=C\CCCCCCCC(=O)NCCOP(=O)(O)OCC(O)COC(=O)CCCCCCCC. The molecule has 9 nitrogen and oxygen atoms in total. The van der Waals surface area contributed by atoms with Gasteiger partial charge >= 0.3 is 13.8 Å². The molecule has 2 unspecified atom stereocenters. The number of hydrogen-bond acceptors (Lipinski definition) is 7. The number of esters is 1. The number of allylic oxidation sites excluding steroid dienone is 4. The van der Waals surface area contributed by atoms with Gasteiger partial charge in [0.05, 0.1) is 13.2 Å². The number of phosphoric ester groups is 1. The second-order valence-corrected chi connectivity index (χ2v) is 11.5. The van der Waals surface area contributed by atoms with Crippen molar-refractivity contribution in [3.8, 4) is 0 Å². The van der Waals surface area contributed by atoms with E-state index in [0.29, 0.717) is 6.42 Å². The molecule has 234 valence electrons. The predicted molar refractivity (Wildman–Crippen MR) is 160 cm³/mol. The van der Waals surface area contributed by atoms with Gasteiger partial charge in [-0.05, 0) is 38.5 Å². The number of unbranched alkanes of at least 4 members (excludes halogenated alkanes) is 11. The number of nitrogens with one attached hydrogen (secondary N) is 1. The molecule has 0 aliphatic heterocycles. The highest BCUT2D eigenvalue weighted by Crippen LogP contribution is 2.42. The fourth-order valence-electron chi connectivity index (χ4n) is 3.77. The summed E-state index contributed by atoms with van der Waals surface area (Å²) in [5.74, 6) is -0.544. The summed E-state index contributed by atoms with van der Waals surface area (Å²) in [5.41, 5.74) is 0.